The minimum absolute atomic E-state index is 0.115. The average molecular weight is 289 g/mol. The molecule has 0 saturated carbocycles. The Labute approximate surface area is 122 Å². The number of carbonyl (C=O) groups excluding carboxylic acids is 1. The standard InChI is InChI=1S/C17H17F2NO/c1-12(14-6-8-15(18)9-7-14)20-17(21)10-5-13-3-2-4-16(19)11-13/h2-4,6-9,11-12H,5,10H2,1H3,(H,20,21). The lowest BCUT2D eigenvalue weighted by Gasteiger charge is -2.14. The third-order valence-corrected chi connectivity index (χ3v) is 3.28. The monoisotopic (exact) mass is 289 g/mol. The molecular formula is C17H17F2NO. The summed E-state index contributed by atoms with van der Waals surface area (Å²) in [5.74, 6) is -0.716. The molecule has 1 atom stereocenters. The van der Waals surface area contributed by atoms with Crippen molar-refractivity contribution in [2.45, 2.75) is 25.8 Å². The molecule has 2 rings (SSSR count). The minimum atomic E-state index is -0.302. The zero-order valence-electron chi connectivity index (χ0n) is 11.8. The van der Waals surface area contributed by atoms with Crippen LogP contribution in [0.15, 0.2) is 48.5 Å². The predicted octanol–water partition coefficient (Wildman–Crippen LogP) is 3.77. The Morgan fingerprint density at radius 3 is 2.48 bits per heavy atom. The van der Waals surface area contributed by atoms with Gasteiger partial charge in [-0.2, -0.15) is 0 Å². The SMILES string of the molecule is CC(NC(=O)CCc1cccc(F)c1)c1ccc(F)cc1. The molecule has 110 valence electrons. The number of aryl methyl sites for hydroxylation is 1. The maximum Gasteiger partial charge on any atom is 0.220 e. The van der Waals surface area contributed by atoms with E-state index in [-0.39, 0.29) is 30.0 Å². The lowest BCUT2D eigenvalue weighted by atomic mass is 10.1. The molecule has 0 bridgehead atoms. The lowest BCUT2D eigenvalue weighted by molar-refractivity contribution is -0.121. The fourth-order valence-electron chi connectivity index (χ4n) is 2.10. The van der Waals surface area contributed by atoms with Crippen molar-refractivity contribution >= 4 is 5.91 Å². The third-order valence-electron chi connectivity index (χ3n) is 3.28. The molecule has 0 heterocycles. The molecule has 0 spiro atoms. The van der Waals surface area contributed by atoms with Gasteiger partial charge in [-0.1, -0.05) is 24.3 Å². The second kappa shape index (κ2) is 6.97. The first-order valence-electron chi connectivity index (χ1n) is 6.84. The minimum Gasteiger partial charge on any atom is -0.350 e. The van der Waals surface area contributed by atoms with Gasteiger partial charge in [0, 0.05) is 6.42 Å². The molecule has 0 aromatic heterocycles. The van der Waals surface area contributed by atoms with Gasteiger partial charge in [0.25, 0.3) is 0 Å². The summed E-state index contributed by atoms with van der Waals surface area (Å²) in [6.45, 7) is 1.84. The highest BCUT2D eigenvalue weighted by Gasteiger charge is 2.09. The van der Waals surface area contributed by atoms with Crippen LogP contribution in [-0.4, -0.2) is 5.91 Å². The molecule has 0 fully saturated rings. The molecule has 0 radical (unpaired) electrons. The van der Waals surface area contributed by atoms with Crippen LogP contribution in [-0.2, 0) is 11.2 Å². The maximum absolute atomic E-state index is 13.0. The van der Waals surface area contributed by atoms with E-state index in [4.69, 9.17) is 0 Å². The summed E-state index contributed by atoms with van der Waals surface area (Å²) in [5, 5.41) is 2.85. The molecule has 0 aliphatic rings. The van der Waals surface area contributed by atoms with Crippen molar-refractivity contribution in [3.63, 3.8) is 0 Å². The van der Waals surface area contributed by atoms with E-state index in [9.17, 15) is 13.6 Å². The molecule has 4 heteroatoms. The molecule has 21 heavy (non-hydrogen) atoms. The molecule has 1 unspecified atom stereocenters. The number of benzene rings is 2. The van der Waals surface area contributed by atoms with Crippen LogP contribution in [0.1, 0.15) is 30.5 Å². The number of rotatable bonds is 5. The lowest BCUT2D eigenvalue weighted by Crippen LogP contribution is -2.26. The van der Waals surface area contributed by atoms with Crippen molar-refractivity contribution in [3.05, 3.63) is 71.3 Å². The summed E-state index contributed by atoms with van der Waals surface area (Å²) in [4.78, 5) is 11.9. The highest BCUT2D eigenvalue weighted by Crippen LogP contribution is 2.13. The average Bonchev–Trinajstić information content (AvgIpc) is 2.46. The van der Waals surface area contributed by atoms with E-state index in [0.29, 0.717) is 6.42 Å². The maximum atomic E-state index is 13.0. The fourth-order valence-corrected chi connectivity index (χ4v) is 2.10. The smallest absolute Gasteiger partial charge is 0.220 e. The Morgan fingerprint density at radius 1 is 1.10 bits per heavy atom. The van der Waals surface area contributed by atoms with E-state index >= 15 is 0 Å². The fraction of sp³-hybridized carbons (Fsp3) is 0.235. The Balaban J connectivity index is 1.85. The Kier molecular flexibility index (Phi) is 5.04. The van der Waals surface area contributed by atoms with Crippen molar-refractivity contribution < 1.29 is 13.6 Å². The second-order valence-corrected chi connectivity index (χ2v) is 4.97. The van der Waals surface area contributed by atoms with Gasteiger partial charge < -0.3 is 5.32 Å². The Bertz CT molecular complexity index is 610. The first-order chi connectivity index (χ1) is 10.0. The van der Waals surface area contributed by atoms with Gasteiger partial charge in [-0.25, -0.2) is 8.78 Å². The molecular weight excluding hydrogens is 272 g/mol. The number of hydrogen-bond acceptors (Lipinski definition) is 1. The van der Waals surface area contributed by atoms with Gasteiger partial charge in [-0.05, 0) is 48.7 Å². The summed E-state index contributed by atoms with van der Waals surface area (Å²) >= 11 is 0. The number of hydrogen-bond donors (Lipinski definition) is 1. The van der Waals surface area contributed by atoms with Crippen molar-refractivity contribution in [3.8, 4) is 0 Å². The highest BCUT2D eigenvalue weighted by atomic mass is 19.1. The first-order valence-corrected chi connectivity index (χ1v) is 6.84. The summed E-state index contributed by atoms with van der Waals surface area (Å²) < 4.78 is 25.9. The van der Waals surface area contributed by atoms with E-state index in [1.807, 2.05) is 6.92 Å². The van der Waals surface area contributed by atoms with Crippen LogP contribution in [0.3, 0.4) is 0 Å². The van der Waals surface area contributed by atoms with Crippen molar-refractivity contribution in [2.75, 3.05) is 0 Å². The van der Waals surface area contributed by atoms with Gasteiger partial charge in [0.1, 0.15) is 11.6 Å². The molecule has 2 nitrogen and oxygen atoms in total. The zero-order chi connectivity index (χ0) is 15.2. The van der Waals surface area contributed by atoms with Crippen LogP contribution in [0.2, 0.25) is 0 Å². The van der Waals surface area contributed by atoms with Crippen molar-refractivity contribution in [2.24, 2.45) is 0 Å². The topological polar surface area (TPSA) is 29.1 Å². The van der Waals surface area contributed by atoms with Gasteiger partial charge in [0.15, 0.2) is 0 Å². The summed E-state index contributed by atoms with van der Waals surface area (Å²) in [7, 11) is 0. The number of nitrogens with one attached hydrogen (secondary N) is 1. The van der Waals surface area contributed by atoms with Gasteiger partial charge in [0.2, 0.25) is 5.91 Å². The molecule has 0 aliphatic heterocycles. The molecule has 2 aromatic carbocycles. The molecule has 2 aromatic rings. The predicted molar refractivity (Wildman–Crippen MR) is 77.7 cm³/mol. The number of carbonyl (C=O) groups is 1. The van der Waals surface area contributed by atoms with Crippen LogP contribution in [0.5, 0.6) is 0 Å². The zero-order valence-corrected chi connectivity index (χ0v) is 11.8. The largest absolute Gasteiger partial charge is 0.350 e. The van der Waals surface area contributed by atoms with Gasteiger partial charge in [-0.3, -0.25) is 4.79 Å². The summed E-state index contributed by atoms with van der Waals surface area (Å²) in [6.07, 6.45) is 0.773. The van der Waals surface area contributed by atoms with Crippen LogP contribution in [0, 0.1) is 11.6 Å². The van der Waals surface area contributed by atoms with E-state index in [2.05, 4.69) is 5.32 Å². The van der Waals surface area contributed by atoms with E-state index < -0.39 is 0 Å². The Morgan fingerprint density at radius 2 is 1.81 bits per heavy atom. The van der Waals surface area contributed by atoms with Crippen LogP contribution in [0.4, 0.5) is 8.78 Å². The van der Waals surface area contributed by atoms with Gasteiger partial charge in [-0.15, -0.1) is 0 Å². The molecule has 1 amide bonds. The normalized spacial score (nSPS) is 12.0. The van der Waals surface area contributed by atoms with Crippen LogP contribution >= 0.6 is 0 Å². The van der Waals surface area contributed by atoms with Gasteiger partial charge >= 0.3 is 0 Å². The quantitative estimate of drug-likeness (QED) is 0.892. The number of halogens is 2. The second-order valence-electron chi connectivity index (χ2n) is 4.97. The summed E-state index contributed by atoms with van der Waals surface area (Å²) in [5.41, 5.74) is 1.63. The first kappa shape index (κ1) is 15.2. The van der Waals surface area contributed by atoms with E-state index in [1.54, 1.807) is 24.3 Å². The van der Waals surface area contributed by atoms with E-state index in [1.165, 1.54) is 24.3 Å². The molecule has 1 N–H and O–H groups in total. The molecule has 0 saturated heterocycles. The van der Waals surface area contributed by atoms with Crippen molar-refractivity contribution in [1.29, 1.82) is 0 Å². The van der Waals surface area contributed by atoms with E-state index in [0.717, 1.165) is 11.1 Å². The highest BCUT2D eigenvalue weighted by molar-refractivity contribution is 5.76. The summed E-state index contributed by atoms with van der Waals surface area (Å²) in [6, 6.07) is 12.1. The van der Waals surface area contributed by atoms with Crippen LogP contribution < -0.4 is 5.32 Å². The Hall–Kier alpha value is -2.23. The van der Waals surface area contributed by atoms with Gasteiger partial charge in [0.05, 0.1) is 6.04 Å². The third kappa shape index (κ3) is 4.67. The number of amides is 1. The molecule has 0 aliphatic carbocycles. The van der Waals surface area contributed by atoms with Crippen LogP contribution in [0.25, 0.3) is 0 Å². The van der Waals surface area contributed by atoms with Crippen molar-refractivity contribution in [1.82, 2.24) is 5.32 Å².